The van der Waals surface area contributed by atoms with E-state index in [9.17, 15) is 49.2 Å². The van der Waals surface area contributed by atoms with Crippen molar-refractivity contribution in [1.82, 2.24) is 0 Å². The number of esters is 2. The highest BCUT2D eigenvalue weighted by molar-refractivity contribution is 6.03. The minimum atomic E-state index is -1.60. The van der Waals surface area contributed by atoms with Gasteiger partial charge in [-0.25, -0.2) is 19.2 Å². The Morgan fingerprint density at radius 2 is 1.72 bits per heavy atom. The number of aliphatic carboxylic acids is 1. The minimum Gasteiger partial charge on any atom is -0.508 e. The fourth-order valence-corrected chi connectivity index (χ4v) is 8.05. The van der Waals surface area contributed by atoms with Crippen LogP contribution >= 0.6 is 0 Å². The van der Waals surface area contributed by atoms with Crippen LogP contribution < -0.4 is 9.47 Å². The van der Waals surface area contributed by atoms with Gasteiger partial charge in [0.25, 0.3) is 0 Å². The summed E-state index contributed by atoms with van der Waals surface area (Å²) in [6, 6.07) is 6.92. The van der Waals surface area contributed by atoms with Gasteiger partial charge >= 0.3 is 23.9 Å². The second-order valence-corrected chi connectivity index (χ2v) is 13.8. The number of aryl methyl sites for hydroxylation is 1. The number of ketones is 1. The second kappa shape index (κ2) is 14.2. The van der Waals surface area contributed by atoms with Crippen molar-refractivity contribution in [3.8, 4) is 34.5 Å². The van der Waals surface area contributed by atoms with Gasteiger partial charge in [0, 0.05) is 35.5 Å². The van der Waals surface area contributed by atoms with Gasteiger partial charge in [0.15, 0.2) is 23.5 Å². The number of Topliss-reactive ketones (excluding diaryl/α,β-unsaturated/α-hetero) is 1. The number of phenols is 3. The lowest BCUT2D eigenvalue weighted by Gasteiger charge is -2.43. The average molecular weight is 741 g/mol. The molecule has 0 radical (unpaired) electrons. The molecule has 3 atom stereocenters. The van der Waals surface area contributed by atoms with E-state index in [1.165, 1.54) is 30.5 Å². The molecule has 3 aromatic rings. The van der Waals surface area contributed by atoms with Gasteiger partial charge in [-0.15, -0.1) is 0 Å². The summed E-state index contributed by atoms with van der Waals surface area (Å²) in [5.74, 6) is -6.15. The molecule has 14 nitrogen and oxygen atoms in total. The predicted molar refractivity (Wildman–Crippen MR) is 187 cm³/mol. The number of carbonyl (C=O) groups is 6. The van der Waals surface area contributed by atoms with Crippen molar-refractivity contribution in [1.29, 1.82) is 0 Å². The maximum atomic E-state index is 12.9. The maximum absolute atomic E-state index is 12.9. The Morgan fingerprint density at radius 3 is 2.41 bits per heavy atom. The third-order valence-electron chi connectivity index (χ3n) is 10.8. The van der Waals surface area contributed by atoms with E-state index in [1.807, 2.05) is 6.07 Å². The van der Waals surface area contributed by atoms with Crippen LogP contribution in [-0.4, -0.2) is 61.5 Å². The van der Waals surface area contributed by atoms with Crippen LogP contribution in [0.3, 0.4) is 0 Å². The number of ether oxygens (including phenoxy) is 3. The number of fused-ring (bicyclic) bond motifs is 7. The van der Waals surface area contributed by atoms with Crippen molar-refractivity contribution >= 4 is 35.9 Å². The molecule has 2 saturated carbocycles. The number of aromatic carboxylic acids is 1. The standard InChI is InChI=1S/C22H16O12.C18H20O2/c1-8-5-12(24)10(6-23)19-15(8)22(31)34-20-11(7-32-14(27)4-3-13(25)26)17(28)16(21(29)30)9(2)18(20)33-19;1-18-9-8-14-13-5-3-12(19)10-11(13)2-4-15(14)16(18)6-7-17(18)20/h3-6,24,28H,7H2,1-2H3,(H,25,26)(H,29,30);3-5,10,14,16,19H,2,6-9H2,1H3. The highest BCUT2D eigenvalue weighted by Gasteiger charge is 2.52. The third kappa shape index (κ3) is 6.44. The van der Waals surface area contributed by atoms with Crippen molar-refractivity contribution in [2.75, 3.05) is 0 Å². The van der Waals surface area contributed by atoms with Crippen molar-refractivity contribution in [3.63, 3.8) is 0 Å². The molecule has 3 aromatic carbocycles. The van der Waals surface area contributed by atoms with E-state index in [0.29, 0.717) is 35.5 Å². The van der Waals surface area contributed by atoms with Crippen LogP contribution in [0, 0.1) is 25.2 Å². The normalized spacial score (nSPS) is 20.6. The van der Waals surface area contributed by atoms with Gasteiger partial charge in [-0.1, -0.05) is 24.6 Å². The summed E-state index contributed by atoms with van der Waals surface area (Å²) in [5.41, 5.74) is 2.23. The average Bonchev–Trinajstić information content (AvgIpc) is 3.32. The molecule has 3 unspecified atom stereocenters. The number of carboxylic acid groups (broad SMARTS) is 2. The molecule has 0 spiro atoms. The number of aldehydes is 1. The van der Waals surface area contributed by atoms with Gasteiger partial charge in [0.05, 0.1) is 11.1 Å². The third-order valence-corrected chi connectivity index (χ3v) is 10.8. The van der Waals surface area contributed by atoms with Gasteiger partial charge in [-0.3, -0.25) is 9.59 Å². The number of carbonyl (C=O) groups excluding carboxylic acids is 4. The molecule has 2 fully saturated rings. The molecule has 1 aliphatic heterocycles. The molecule has 280 valence electrons. The summed E-state index contributed by atoms with van der Waals surface area (Å²) < 4.78 is 15.9. The number of hydrogen-bond acceptors (Lipinski definition) is 12. The topological polar surface area (TPSA) is 231 Å². The lowest BCUT2D eigenvalue weighted by molar-refractivity contribution is -0.139. The van der Waals surface area contributed by atoms with E-state index in [-0.39, 0.29) is 34.1 Å². The Morgan fingerprint density at radius 1 is 0.981 bits per heavy atom. The molecule has 0 saturated heterocycles. The van der Waals surface area contributed by atoms with E-state index in [0.717, 1.165) is 38.2 Å². The molecule has 14 heteroatoms. The lowest BCUT2D eigenvalue weighted by atomic mass is 9.60. The van der Waals surface area contributed by atoms with Crippen molar-refractivity contribution in [2.24, 2.45) is 11.3 Å². The van der Waals surface area contributed by atoms with Gasteiger partial charge in [0.2, 0.25) is 0 Å². The Kier molecular flexibility index (Phi) is 9.80. The molecule has 1 heterocycles. The first-order chi connectivity index (χ1) is 25.6. The molecular weight excluding hydrogens is 704 g/mol. The van der Waals surface area contributed by atoms with Crippen LogP contribution in [0.2, 0.25) is 0 Å². The largest absolute Gasteiger partial charge is 0.508 e. The van der Waals surface area contributed by atoms with Crippen LogP contribution in [0.5, 0.6) is 34.5 Å². The van der Waals surface area contributed by atoms with Gasteiger partial charge in [-0.05, 0) is 80.3 Å². The molecule has 0 aromatic heterocycles. The van der Waals surface area contributed by atoms with Crippen molar-refractivity contribution in [2.45, 2.75) is 65.4 Å². The number of rotatable bonds is 6. The summed E-state index contributed by atoms with van der Waals surface area (Å²) in [6.07, 6.45) is 8.42. The highest BCUT2D eigenvalue weighted by Crippen LogP contribution is 2.58. The van der Waals surface area contributed by atoms with Crippen LogP contribution in [0.1, 0.15) is 97.4 Å². The minimum absolute atomic E-state index is 0.100. The molecule has 7 rings (SSSR count). The van der Waals surface area contributed by atoms with Crippen LogP contribution in [0.25, 0.3) is 0 Å². The van der Waals surface area contributed by atoms with E-state index in [2.05, 4.69) is 19.1 Å². The zero-order chi connectivity index (χ0) is 39.2. The van der Waals surface area contributed by atoms with Gasteiger partial charge in [0.1, 0.15) is 40.8 Å². The predicted octanol–water partition coefficient (Wildman–Crippen LogP) is 5.97. The summed E-state index contributed by atoms with van der Waals surface area (Å²) >= 11 is 0. The van der Waals surface area contributed by atoms with E-state index < -0.39 is 70.2 Å². The number of phenolic OH excluding ortho intramolecular Hbond substituents is 2. The zero-order valence-corrected chi connectivity index (χ0v) is 29.4. The second-order valence-electron chi connectivity index (χ2n) is 13.8. The van der Waals surface area contributed by atoms with Crippen LogP contribution in [0.15, 0.2) is 48.1 Å². The Labute approximate surface area is 307 Å². The van der Waals surface area contributed by atoms with Gasteiger partial charge in [-0.2, -0.15) is 0 Å². The molecule has 3 aliphatic carbocycles. The summed E-state index contributed by atoms with van der Waals surface area (Å²) in [6.45, 7) is 4.01. The van der Waals surface area contributed by atoms with E-state index in [1.54, 1.807) is 6.07 Å². The van der Waals surface area contributed by atoms with E-state index in [4.69, 9.17) is 19.3 Å². The summed E-state index contributed by atoms with van der Waals surface area (Å²) in [7, 11) is 0. The summed E-state index contributed by atoms with van der Waals surface area (Å²) in [5, 5.41) is 48.5. The lowest BCUT2D eigenvalue weighted by Crippen LogP contribution is -2.37. The number of aromatic hydroxyl groups is 3. The van der Waals surface area contributed by atoms with Crippen molar-refractivity contribution in [3.05, 3.63) is 92.6 Å². The maximum Gasteiger partial charge on any atom is 0.347 e. The molecular formula is C40H36O14. The molecule has 4 aliphatic rings. The molecule has 5 N–H and O–H groups in total. The highest BCUT2D eigenvalue weighted by atomic mass is 16.6. The fraction of sp³-hybridized carbons (Fsp3) is 0.300. The Hall–Kier alpha value is -6.44. The molecule has 54 heavy (non-hydrogen) atoms. The first-order valence-corrected chi connectivity index (χ1v) is 17.0. The molecule has 0 amide bonds. The van der Waals surface area contributed by atoms with Crippen LogP contribution in [0.4, 0.5) is 0 Å². The zero-order valence-electron chi connectivity index (χ0n) is 29.4. The Balaban J connectivity index is 0.000000209. The van der Waals surface area contributed by atoms with Crippen molar-refractivity contribution < 1.29 is 68.5 Å². The van der Waals surface area contributed by atoms with Crippen LogP contribution in [-0.2, 0) is 32.1 Å². The molecule has 0 bridgehead atoms. The Bertz CT molecular complexity index is 2230. The van der Waals surface area contributed by atoms with E-state index >= 15 is 0 Å². The van der Waals surface area contributed by atoms with Gasteiger partial charge < -0.3 is 39.7 Å². The number of benzene rings is 3. The quantitative estimate of drug-likeness (QED) is 0.0644. The summed E-state index contributed by atoms with van der Waals surface area (Å²) in [4.78, 5) is 70.9. The number of carboxylic acids is 2. The first kappa shape index (κ1) is 37.3. The fourth-order valence-electron chi connectivity index (χ4n) is 8.05. The number of allylic oxidation sites excluding steroid dienone is 2. The SMILES string of the molecule is CC12CCC3C(=CCc4cc(O)ccc43)C1CCC2=O.Cc1cc(O)c(C=O)c2c1C(=O)Oc1c(COC(=O)C=CC(=O)O)c(O)c(C(=O)O)c(C)c1O2. The first-order valence-electron chi connectivity index (χ1n) is 17.0. The number of hydrogen-bond donors (Lipinski definition) is 5. The monoisotopic (exact) mass is 740 g/mol. The smallest absolute Gasteiger partial charge is 0.347 e.